The third kappa shape index (κ3) is 1.09. The van der Waals surface area contributed by atoms with E-state index in [-0.39, 0.29) is 11.7 Å². The van der Waals surface area contributed by atoms with Crippen LogP contribution in [0.3, 0.4) is 0 Å². The maximum atomic E-state index is 13.1. The number of nitrogens with zero attached hydrogens (tertiary/aromatic N) is 1. The van der Waals surface area contributed by atoms with Gasteiger partial charge in [-0.25, -0.2) is 9.37 Å². The van der Waals surface area contributed by atoms with Crippen molar-refractivity contribution in [3.05, 3.63) is 17.9 Å². The van der Waals surface area contributed by atoms with Gasteiger partial charge < -0.3 is 15.5 Å². The molecule has 2 aromatic rings. The van der Waals surface area contributed by atoms with Gasteiger partial charge >= 0.3 is 0 Å². The monoisotopic (exact) mass is 181 g/mol. The van der Waals surface area contributed by atoms with Crippen molar-refractivity contribution in [3.8, 4) is 5.75 Å². The molecule has 0 aliphatic rings. The number of H-pyrrole nitrogens is 1. The molecule has 3 N–H and O–H groups in total. The number of rotatable bonds is 1. The van der Waals surface area contributed by atoms with E-state index in [0.29, 0.717) is 11.0 Å². The summed E-state index contributed by atoms with van der Waals surface area (Å²) in [6.45, 7) is 0. The standard InChI is InChI=1S/C8H8FN3O/c1-13-7-4(9)2-3-5-6(7)12-8(10)11-5/h2-3H,1H3,(H3,10,11,12). The van der Waals surface area contributed by atoms with Gasteiger partial charge in [-0.3, -0.25) is 0 Å². The van der Waals surface area contributed by atoms with Crippen LogP contribution >= 0.6 is 0 Å². The minimum absolute atomic E-state index is 0.116. The molecular formula is C8H8FN3O. The lowest BCUT2D eigenvalue weighted by Gasteiger charge is -2.00. The summed E-state index contributed by atoms with van der Waals surface area (Å²) in [5.41, 5.74) is 6.50. The van der Waals surface area contributed by atoms with Crippen LogP contribution in [-0.2, 0) is 0 Å². The van der Waals surface area contributed by atoms with Crippen LogP contribution in [0.15, 0.2) is 12.1 Å². The molecule has 0 amide bonds. The van der Waals surface area contributed by atoms with E-state index in [1.165, 1.54) is 13.2 Å². The van der Waals surface area contributed by atoms with Crippen molar-refractivity contribution in [2.24, 2.45) is 0 Å². The number of benzene rings is 1. The van der Waals surface area contributed by atoms with Crippen LogP contribution in [0.1, 0.15) is 0 Å². The number of fused-ring (bicyclic) bond motifs is 1. The molecule has 0 saturated carbocycles. The summed E-state index contributed by atoms with van der Waals surface area (Å²) in [6, 6.07) is 2.87. The van der Waals surface area contributed by atoms with Gasteiger partial charge in [-0.15, -0.1) is 0 Å². The van der Waals surface area contributed by atoms with E-state index in [1.54, 1.807) is 6.07 Å². The van der Waals surface area contributed by atoms with Crippen LogP contribution < -0.4 is 10.5 Å². The summed E-state index contributed by atoms with van der Waals surface area (Å²) in [4.78, 5) is 6.68. The molecule has 0 aliphatic carbocycles. The molecule has 0 radical (unpaired) electrons. The Labute approximate surface area is 73.5 Å². The van der Waals surface area contributed by atoms with Crippen LogP contribution in [0, 0.1) is 5.82 Å². The molecule has 13 heavy (non-hydrogen) atoms. The zero-order valence-corrected chi connectivity index (χ0v) is 6.97. The minimum atomic E-state index is -0.443. The molecule has 0 spiro atoms. The molecule has 5 heteroatoms. The van der Waals surface area contributed by atoms with Crippen molar-refractivity contribution in [1.82, 2.24) is 9.97 Å². The molecule has 0 aliphatic heterocycles. The molecule has 1 aromatic carbocycles. The maximum Gasteiger partial charge on any atom is 0.198 e. The minimum Gasteiger partial charge on any atom is -0.491 e. The van der Waals surface area contributed by atoms with Crippen molar-refractivity contribution in [1.29, 1.82) is 0 Å². The molecule has 68 valence electrons. The molecular weight excluding hydrogens is 173 g/mol. The largest absolute Gasteiger partial charge is 0.491 e. The number of methoxy groups -OCH3 is 1. The van der Waals surface area contributed by atoms with Gasteiger partial charge in [-0.1, -0.05) is 0 Å². The highest BCUT2D eigenvalue weighted by Crippen LogP contribution is 2.26. The van der Waals surface area contributed by atoms with Gasteiger partial charge in [-0.2, -0.15) is 0 Å². The highest BCUT2D eigenvalue weighted by molar-refractivity contribution is 5.83. The van der Waals surface area contributed by atoms with Gasteiger partial charge in [0.25, 0.3) is 0 Å². The van der Waals surface area contributed by atoms with E-state index in [1.807, 2.05) is 0 Å². The summed E-state index contributed by atoms with van der Waals surface area (Å²) < 4.78 is 18.0. The quantitative estimate of drug-likeness (QED) is 0.696. The number of ether oxygens (including phenoxy) is 1. The number of nitrogen functional groups attached to an aromatic ring is 1. The van der Waals surface area contributed by atoms with Gasteiger partial charge in [0, 0.05) is 0 Å². The Morgan fingerprint density at radius 2 is 2.31 bits per heavy atom. The number of hydrogen-bond acceptors (Lipinski definition) is 3. The first-order valence-electron chi connectivity index (χ1n) is 3.70. The fraction of sp³-hybridized carbons (Fsp3) is 0.125. The average Bonchev–Trinajstić information content (AvgIpc) is 2.45. The van der Waals surface area contributed by atoms with E-state index in [9.17, 15) is 4.39 Å². The fourth-order valence-electron chi connectivity index (χ4n) is 1.24. The Kier molecular flexibility index (Phi) is 1.58. The van der Waals surface area contributed by atoms with Crippen molar-refractivity contribution in [3.63, 3.8) is 0 Å². The predicted molar refractivity (Wildman–Crippen MR) is 47.0 cm³/mol. The van der Waals surface area contributed by atoms with Gasteiger partial charge in [0.2, 0.25) is 0 Å². The van der Waals surface area contributed by atoms with Crippen molar-refractivity contribution in [2.75, 3.05) is 12.8 Å². The van der Waals surface area contributed by atoms with Crippen LogP contribution in [0.2, 0.25) is 0 Å². The highest BCUT2D eigenvalue weighted by Gasteiger charge is 2.10. The number of imidazole rings is 1. The lowest BCUT2D eigenvalue weighted by atomic mass is 10.3. The number of aromatic amines is 1. The van der Waals surface area contributed by atoms with Crippen molar-refractivity contribution >= 4 is 17.0 Å². The van der Waals surface area contributed by atoms with Crippen LogP contribution in [-0.4, -0.2) is 17.1 Å². The second kappa shape index (κ2) is 2.62. The second-order valence-corrected chi connectivity index (χ2v) is 2.60. The number of anilines is 1. The number of nitrogens with two attached hydrogens (primary N) is 1. The summed E-state index contributed by atoms with van der Waals surface area (Å²) in [5, 5.41) is 0. The first kappa shape index (κ1) is 7.85. The summed E-state index contributed by atoms with van der Waals surface area (Å²) in [6.07, 6.45) is 0. The first-order chi connectivity index (χ1) is 6.22. The second-order valence-electron chi connectivity index (χ2n) is 2.60. The molecule has 0 saturated heterocycles. The molecule has 1 heterocycles. The third-order valence-corrected chi connectivity index (χ3v) is 1.78. The van der Waals surface area contributed by atoms with E-state index >= 15 is 0 Å². The topological polar surface area (TPSA) is 63.9 Å². The highest BCUT2D eigenvalue weighted by atomic mass is 19.1. The summed E-state index contributed by atoms with van der Waals surface area (Å²) in [5.74, 6) is -0.0779. The number of aromatic nitrogens is 2. The van der Waals surface area contributed by atoms with Crippen LogP contribution in [0.4, 0.5) is 10.3 Å². The normalized spacial score (nSPS) is 10.6. The smallest absolute Gasteiger partial charge is 0.198 e. The molecule has 2 rings (SSSR count). The van der Waals surface area contributed by atoms with E-state index in [2.05, 4.69) is 9.97 Å². The first-order valence-corrected chi connectivity index (χ1v) is 3.70. The number of nitrogens with one attached hydrogen (secondary N) is 1. The van der Waals surface area contributed by atoms with Gasteiger partial charge in [0.1, 0.15) is 5.52 Å². The molecule has 0 unspecified atom stereocenters. The van der Waals surface area contributed by atoms with E-state index in [4.69, 9.17) is 10.5 Å². The Morgan fingerprint density at radius 3 is 3.00 bits per heavy atom. The van der Waals surface area contributed by atoms with Gasteiger partial charge in [0.15, 0.2) is 17.5 Å². The zero-order valence-electron chi connectivity index (χ0n) is 6.97. The summed E-state index contributed by atoms with van der Waals surface area (Å²) >= 11 is 0. The Morgan fingerprint density at radius 1 is 1.54 bits per heavy atom. The van der Waals surface area contributed by atoms with Crippen LogP contribution in [0.5, 0.6) is 5.75 Å². The van der Waals surface area contributed by atoms with E-state index < -0.39 is 5.82 Å². The Balaban J connectivity index is 2.82. The SMILES string of the molecule is COc1c(F)ccc2[nH]c(N)nc12. The lowest BCUT2D eigenvalue weighted by molar-refractivity contribution is 0.391. The van der Waals surface area contributed by atoms with Crippen molar-refractivity contribution < 1.29 is 9.13 Å². The Hall–Kier alpha value is -1.78. The molecule has 4 nitrogen and oxygen atoms in total. The van der Waals surface area contributed by atoms with Gasteiger partial charge in [-0.05, 0) is 12.1 Å². The van der Waals surface area contributed by atoms with Crippen molar-refractivity contribution in [2.45, 2.75) is 0 Å². The van der Waals surface area contributed by atoms with Crippen LogP contribution in [0.25, 0.3) is 11.0 Å². The van der Waals surface area contributed by atoms with Gasteiger partial charge in [0.05, 0.1) is 12.6 Å². The molecule has 0 atom stereocenters. The number of hydrogen-bond donors (Lipinski definition) is 2. The molecule has 1 aromatic heterocycles. The third-order valence-electron chi connectivity index (χ3n) is 1.78. The Bertz CT molecular complexity index is 452. The predicted octanol–water partition coefficient (Wildman–Crippen LogP) is 1.29. The summed E-state index contributed by atoms with van der Waals surface area (Å²) in [7, 11) is 1.39. The number of halogens is 1. The molecule has 0 fully saturated rings. The average molecular weight is 181 g/mol. The lowest BCUT2D eigenvalue weighted by Crippen LogP contribution is -1.89. The fourth-order valence-corrected chi connectivity index (χ4v) is 1.24. The molecule has 0 bridgehead atoms. The maximum absolute atomic E-state index is 13.1. The van der Waals surface area contributed by atoms with E-state index in [0.717, 1.165) is 0 Å². The zero-order chi connectivity index (χ0) is 9.42.